The molecule has 0 aromatic heterocycles. The Labute approximate surface area is 124 Å². The first-order valence-electron chi connectivity index (χ1n) is 7.85. The molecule has 0 saturated heterocycles. The van der Waals surface area contributed by atoms with Gasteiger partial charge in [-0.2, -0.15) is 0 Å². The van der Waals surface area contributed by atoms with Gasteiger partial charge in [0, 0.05) is 25.7 Å². The lowest BCUT2D eigenvalue weighted by atomic mass is 9.94. The van der Waals surface area contributed by atoms with E-state index in [2.05, 4.69) is 13.2 Å². The molecule has 0 amide bonds. The average Bonchev–Trinajstić information content (AvgIpc) is 2.39. The fourth-order valence-electron chi connectivity index (χ4n) is 2.28. The van der Waals surface area contributed by atoms with Crippen molar-refractivity contribution in [3.8, 4) is 0 Å². The lowest BCUT2D eigenvalue weighted by molar-refractivity contribution is -0.121. The topological polar surface area (TPSA) is 34.1 Å². The molecule has 0 heterocycles. The maximum Gasteiger partial charge on any atom is 0.133 e. The third-order valence-electron chi connectivity index (χ3n) is 3.38. The van der Waals surface area contributed by atoms with Gasteiger partial charge in [-0.25, -0.2) is 0 Å². The lowest BCUT2D eigenvalue weighted by Gasteiger charge is -2.09. The minimum Gasteiger partial charge on any atom is -0.300 e. The van der Waals surface area contributed by atoms with Crippen molar-refractivity contribution in [3.05, 3.63) is 25.3 Å². The van der Waals surface area contributed by atoms with Crippen LogP contribution in [0.25, 0.3) is 0 Å². The molecule has 0 rings (SSSR count). The van der Waals surface area contributed by atoms with E-state index >= 15 is 0 Å². The highest BCUT2D eigenvalue weighted by atomic mass is 16.1. The van der Waals surface area contributed by atoms with Crippen molar-refractivity contribution in [3.63, 3.8) is 0 Å². The molecular formula is C18H30O2. The Hall–Kier alpha value is -1.18. The minimum atomic E-state index is 0.189. The third-order valence-corrected chi connectivity index (χ3v) is 3.38. The first-order valence-corrected chi connectivity index (χ1v) is 7.85. The standard InChI is InChI=1S/C18H30O2/c1-4-6-8-10-12-17(19)14-16(3)15-18(20)13-11-9-7-5-2/h4-5,16H,1-2,6-15H2,3H3. The zero-order valence-corrected chi connectivity index (χ0v) is 13.0. The van der Waals surface area contributed by atoms with Crippen LogP contribution in [0.15, 0.2) is 25.3 Å². The van der Waals surface area contributed by atoms with E-state index in [9.17, 15) is 9.59 Å². The highest BCUT2D eigenvalue weighted by Gasteiger charge is 2.12. The Balaban J connectivity index is 3.66. The molecule has 0 spiro atoms. The van der Waals surface area contributed by atoms with Crippen LogP contribution in [-0.2, 0) is 9.59 Å². The van der Waals surface area contributed by atoms with E-state index in [1.165, 1.54) is 0 Å². The lowest BCUT2D eigenvalue weighted by Crippen LogP contribution is -2.10. The molecule has 0 N–H and O–H groups in total. The van der Waals surface area contributed by atoms with Crippen LogP contribution in [0.2, 0.25) is 0 Å². The van der Waals surface area contributed by atoms with Crippen LogP contribution in [0.1, 0.15) is 71.1 Å². The van der Waals surface area contributed by atoms with Crippen LogP contribution in [0.4, 0.5) is 0 Å². The molecule has 0 aromatic carbocycles. The quantitative estimate of drug-likeness (QED) is 0.330. The number of hydrogen-bond acceptors (Lipinski definition) is 2. The summed E-state index contributed by atoms with van der Waals surface area (Å²) in [7, 11) is 0. The molecule has 0 fully saturated rings. The highest BCUT2D eigenvalue weighted by Crippen LogP contribution is 2.14. The highest BCUT2D eigenvalue weighted by molar-refractivity contribution is 5.81. The molecule has 20 heavy (non-hydrogen) atoms. The molecule has 0 atom stereocenters. The second-order valence-electron chi connectivity index (χ2n) is 5.66. The number of carbonyl (C=O) groups is 2. The minimum absolute atomic E-state index is 0.189. The molecule has 114 valence electrons. The maximum absolute atomic E-state index is 11.7. The molecule has 2 heteroatoms. The number of unbranched alkanes of at least 4 members (excludes halogenated alkanes) is 4. The fraction of sp³-hybridized carbons (Fsp3) is 0.667. The SMILES string of the molecule is C=CCCCCC(=O)CC(C)CC(=O)CCCCC=C. The van der Waals surface area contributed by atoms with Crippen molar-refractivity contribution in [1.29, 1.82) is 0 Å². The van der Waals surface area contributed by atoms with E-state index in [0.29, 0.717) is 37.2 Å². The van der Waals surface area contributed by atoms with E-state index in [1.54, 1.807) is 0 Å². The molecular weight excluding hydrogens is 248 g/mol. The summed E-state index contributed by atoms with van der Waals surface area (Å²) in [4.78, 5) is 23.5. The van der Waals surface area contributed by atoms with Crippen molar-refractivity contribution in [2.24, 2.45) is 5.92 Å². The van der Waals surface area contributed by atoms with Crippen molar-refractivity contribution in [2.75, 3.05) is 0 Å². The van der Waals surface area contributed by atoms with Gasteiger partial charge in [-0.1, -0.05) is 19.1 Å². The van der Waals surface area contributed by atoms with Crippen molar-refractivity contribution < 1.29 is 9.59 Å². The van der Waals surface area contributed by atoms with E-state index in [4.69, 9.17) is 0 Å². The smallest absolute Gasteiger partial charge is 0.133 e. The largest absolute Gasteiger partial charge is 0.300 e. The predicted octanol–water partition coefficient (Wildman–Crippen LogP) is 5.03. The van der Waals surface area contributed by atoms with Gasteiger partial charge in [0.2, 0.25) is 0 Å². The van der Waals surface area contributed by atoms with E-state index in [-0.39, 0.29) is 5.92 Å². The van der Waals surface area contributed by atoms with E-state index in [1.807, 2.05) is 19.1 Å². The molecule has 0 unspecified atom stereocenters. The van der Waals surface area contributed by atoms with Crippen LogP contribution in [0.3, 0.4) is 0 Å². The normalized spacial score (nSPS) is 10.5. The summed E-state index contributed by atoms with van der Waals surface area (Å²) in [6.07, 6.45) is 12.1. The number of ketones is 2. The predicted molar refractivity (Wildman–Crippen MR) is 85.7 cm³/mol. The Bertz CT molecular complexity index is 275. The number of hydrogen-bond donors (Lipinski definition) is 0. The number of carbonyl (C=O) groups excluding carboxylic acids is 2. The van der Waals surface area contributed by atoms with E-state index < -0.39 is 0 Å². The third kappa shape index (κ3) is 11.9. The molecule has 2 nitrogen and oxygen atoms in total. The molecule has 0 saturated carbocycles. The number of Topliss-reactive ketones (excluding diaryl/α,β-unsaturated/α-hetero) is 2. The maximum atomic E-state index is 11.7. The summed E-state index contributed by atoms with van der Waals surface area (Å²) >= 11 is 0. The monoisotopic (exact) mass is 278 g/mol. The zero-order chi connectivity index (χ0) is 15.2. The fourth-order valence-corrected chi connectivity index (χ4v) is 2.28. The van der Waals surface area contributed by atoms with Gasteiger partial charge in [0.15, 0.2) is 0 Å². The van der Waals surface area contributed by atoms with Gasteiger partial charge < -0.3 is 0 Å². The van der Waals surface area contributed by atoms with Gasteiger partial charge in [-0.3, -0.25) is 9.59 Å². The Kier molecular flexibility index (Phi) is 12.1. The Morgan fingerprint density at radius 2 is 1.25 bits per heavy atom. The van der Waals surface area contributed by atoms with Crippen LogP contribution in [-0.4, -0.2) is 11.6 Å². The molecule has 0 radical (unpaired) electrons. The second-order valence-corrected chi connectivity index (χ2v) is 5.66. The summed E-state index contributed by atoms with van der Waals surface area (Å²) in [6, 6.07) is 0. The van der Waals surface area contributed by atoms with Crippen LogP contribution in [0.5, 0.6) is 0 Å². The van der Waals surface area contributed by atoms with Gasteiger partial charge in [-0.05, 0) is 44.4 Å². The zero-order valence-electron chi connectivity index (χ0n) is 13.0. The van der Waals surface area contributed by atoms with Crippen molar-refractivity contribution in [2.45, 2.75) is 71.1 Å². The van der Waals surface area contributed by atoms with Crippen LogP contribution >= 0.6 is 0 Å². The summed E-state index contributed by atoms with van der Waals surface area (Å²) in [5.74, 6) is 0.774. The Morgan fingerprint density at radius 1 is 0.850 bits per heavy atom. The second kappa shape index (κ2) is 12.8. The van der Waals surface area contributed by atoms with Gasteiger partial charge >= 0.3 is 0 Å². The number of rotatable bonds is 14. The first-order chi connectivity index (χ1) is 9.60. The van der Waals surface area contributed by atoms with Crippen LogP contribution < -0.4 is 0 Å². The summed E-state index contributed by atoms with van der Waals surface area (Å²) in [5, 5.41) is 0. The van der Waals surface area contributed by atoms with Crippen LogP contribution in [0, 0.1) is 5.92 Å². The molecule has 0 aliphatic rings. The molecule has 0 bridgehead atoms. The van der Waals surface area contributed by atoms with Gasteiger partial charge in [0.25, 0.3) is 0 Å². The summed E-state index contributed by atoms with van der Waals surface area (Å²) < 4.78 is 0. The summed E-state index contributed by atoms with van der Waals surface area (Å²) in [5.41, 5.74) is 0. The van der Waals surface area contributed by atoms with Gasteiger partial charge in [-0.15, -0.1) is 13.2 Å². The molecule has 0 aromatic rings. The van der Waals surface area contributed by atoms with Gasteiger partial charge in [0.05, 0.1) is 0 Å². The number of allylic oxidation sites excluding steroid dienone is 2. The average molecular weight is 278 g/mol. The van der Waals surface area contributed by atoms with Crippen molar-refractivity contribution >= 4 is 11.6 Å². The van der Waals surface area contributed by atoms with Gasteiger partial charge in [0.1, 0.15) is 11.6 Å². The summed E-state index contributed by atoms with van der Waals surface area (Å²) in [6.45, 7) is 9.34. The van der Waals surface area contributed by atoms with Crippen molar-refractivity contribution in [1.82, 2.24) is 0 Å². The molecule has 0 aliphatic heterocycles. The Morgan fingerprint density at radius 3 is 1.60 bits per heavy atom. The molecule has 0 aliphatic carbocycles. The first kappa shape index (κ1) is 18.8. The van der Waals surface area contributed by atoms with E-state index in [0.717, 1.165) is 38.5 Å².